The van der Waals surface area contributed by atoms with Gasteiger partial charge in [-0.3, -0.25) is 9.59 Å². The molecule has 3 rings (SSSR count). The van der Waals surface area contributed by atoms with Gasteiger partial charge in [-0.15, -0.1) is 16.8 Å². The Hall–Kier alpha value is -3.01. The lowest BCUT2D eigenvalue weighted by Crippen LogP contribution is -2.37. The third-order valence-electron chi connectivity index (χ3n) is 5.46. The maximum Gasteiger partial charge on any atom is 0.251 e. The number of carbonyl (C=O) groups is 2. The van der Waals surface area contributed by atoms with Crippen molar-refractivity contribution < 1.29 is 19.1 Å². The smallest absolute Gasteiger partial charge is 0.251 e. The van der Waals surface area contributed by atoms with Crippen molar-refractivity contribution in [1.29, 1.82) is 0 Å². The number of hydrogen-bond donors (Lipinski definition) is 2. The summed E-state index contributed by atoms with van der Waals surface area (Å²) in [5, 5.41) is 15.0. The molecule has 1 aliphatic carbocycles. The van der Waals surface area contributed by atoms with Gasteiger partial charge in [-0.05, 0) is 31.0 Å². The van der Waals surface area contributed by atoms with Crippen molar-refractivity contribution in [2.75, 3.05) is 20.0 Å². The first kappa shape index (κ1) is 24.6. The largest absolute Gasteiger partial charge is 0.493 e. The molecule has 2 amide bonds. The average molecular weight is 474 g/mol. The van der Waals surface area contributed by atoms with Crippen molar-refractivity contribution in [3.05, 3.63) is 42.2 Å². The van der Waals surface area contributed by atoms with Crippen LogP contribution in [-0.2, 0) is 17.9 Å². The minimum Gasteiger partial charge on any atom is -0.493 e. The molecule has 178 valence electrons. The number of ether oxygens (including phenoxy) is 2. The van der Waals surface area contributed by atoms with Crippen LogP contribution in [-0.4, -0.2) is 52.6 Å². The summed E-state index contributed by atoms with van der Waals surface area (Å²) in [5.74, 6) is 1.61. The number of benzene rings is 1. The fourth-order valence-electron chi connectivity index (χ4n) is 3.75. The first-order valence-corrected chi connectivity index (χ1v) is 12.0. The molecule has 2 N–H and O–H groups in total. The van der Waals surface area contributed by atoms with Crippen LogP contribution in [0.1, 0.15) is 48.3 Å². The molecular weight excluding hydrogens is 442 g/mol. The van der Waals surface area contributed by atoms with E-state index in [0.29, 0.717) is 34.6 Å². The number of methoxy groups -OCH3 is 2. The van der Waals surface area contributed by atoms with E-state index in [1.807, 2.05) is 4.57 Å². The minimum absolute atomic E-state index is 0.00311. The number of hydrogen-bond acceptors (Lipinski definition) is 7. The van der Waals surface area contributed by atoms with Gasteiger partial charge in [0.05, 0.1) is 26.5 Å². The van der Waals surface area contributed by atoms with E-state index >= 15 is 0 Å². The number of rotatable bonds is 11. The first-order chi connectivity index (χ1) is 16.0. The van der Waals surface area contributed by atoms with Crippen LogP contribution in [0, 0.1) is 0 Å². The summed E-state index contributed by atoms with van der Waals surface area (Å²) in [6.07, 6.45) is 7.42. The Balaban J connectivity index is 1.59. The summed E-state index contributed by atoms with van der Waals surface area (Å²) in [6, 6.07) is 5.24. The Morgan fingerprint density at radius 1 is 1.18 bits per heavy atom. The van der Waals surface area contributed by atoms with Gasteiger partial charge in [0, 0.05) is 18.2 Å². The van der Waals surface area contributed by atoms with Crippen molar-refractivity contribution in [2.45, 2.75) is 56.4 Å². The number of allylic oxidation sites excluding steroid dienone is 1. The van der Waals surface area contributed by atoms with E-state index in [1.165, 1.54) is 38.1 Å². The number of nitrogens with one attached hydrogen (secondary N) is 2. The van der Waals surface area contributed by atoms with Gasteiger partial charge in [0.2, 0.25) is 5.91 Å². The highest BCUT2D eigenvalue weighted by Gasteiger charge is 2.18. The van der Waals surface area contributed by atoms with Crippen LogP contribution in [0.3, 0.4) is 0 Å². The fourth-order valence-corrected chi connectivity index (χ4v) is 4.53. The Labute approximate surface area is 198 Å². The second-order valence-electron chi connectivity index (χ2n) is 7.74. The highest BCUT2D eigenvalue weighted by atomic mass is 32.2. The molecule has 0 unspecified atom stereocenters. The third-order valence-corrected chi connectivity index (χ3v) is 6.43. The maximum absolute atomic E-state index is 12.6. The summed E-state index contributed by atoms with van der Waals surface area (Å²) >= 11 is 1.33. The van der Waals surface area contributed by atoms with Crippen molar-refractivity contribution >= 4 is 23.6 Å². The number of amides is 2. The summed E-state index contributed by atoms with van der Waals surface area (Å²) < 4.78 is 12.3. The van der Waals surface area contributed by atoms with Crippen LogP contribution < -0.4 is 20.1 Å². The lowest BCUT2D eigenvalue weighted by molar-refractivity contribution is -0.119. The molecule has 9 nitrogen and oxygen atoms in total. The monoisotopic (exact) mass is 473 g/mol. The predicted molar refractivity (Wildman–Crippen MR) is 127 cm³/mol. The highest BCUT2D eigenvalue weighted by Crippen LogP contribution is 2.27. The van der Waals surface area contributed by atoms with Crippen molar-refractivity contribution in [3.8, 4) is 11.5 Å². The first-order valence-electron chi connectivity index (χ1n) is 11.0. The van der Waals surface area contributed by atoms with Crippen LogP contribution >= 0.6 is 11.8 Å². The van der Waals surface area contributed by atoms with Gasteiger partial charge >= 0.3 is 0 Å². The molecule has 33 heavy (non-hydrogen) atoms. The zero-order chi connectivity index (χ0) is 23.6. The van der Waals surface area contributed by atoms with Crippen LogP contribution in [0.15, 0.2) is 36.0 Å². The second-order valence-corrected chi connectivity index (χ2v) is 8.68. The van der Waals surface area contributed by atoms with Gasteiger partial charge in [-0.2, -0.15) is 0 Å². The standard InChI is InChI=1S/C23H31N5O4S/c1-4-12-28-20(14-24-22(30)16-10-11-18(31-2)19(13-16)32-3)26-27-23(28)33-15-21(29)25-17-8-6-5-7-9-17/h4,10-11,13,17H,1,5-9,12,14-15H2,2-3H3,(H,24,30)(H,25,29). The number of carbonyl (C=O) groups excluding carboxylic acids is 2. The van der Waals surface area contributed by atoms with E-state index in [1.54, 1.807) is 31.4 Å². The molecular formula is C23H31N5O4S. The van der Waals surface area contributed by atoms with Crippen LogP contribution in [0.25, 0.3) is 0 Å². The van der Waals surface area contributed by atoms with Crippen molar-refractivity contribution in [3.63, 3.8) is 0 Å². The molecule has 0 saturated heterocycles. The zero-order valence-electron chi connectivity index (χ0n) is 19.1. The molecule has 1 aromatic heterocycles. The highest BCUT2D eigenvalue weighted by molar-refractivity contribution is 7.99. The maximum atomic E-state index is 12.6. The molecule has 1 heterocycles. The molecule has 0 atom stereocenters. The molecule has 0 bridgehead atoms. The van der Waals surface area contributed by atoms with Gasteiger partial charge in [-0.25, -0.2) is 0 Å². The van der Waals surface area contributed by atoms with Gasteiger partial charge in [0.1, 0.15) is 0 Å². The molecule has 1 aliphatic rings. The van der Waals surface area contributed by atoms with E-state index in [4.69, 9.17) is 9.47 Å². The second kappa shape index (κ2) is 12.3. The molecule has 10 heteroatoms. The van der Waals surface area contributed by atoms with E-state index < -0.39 is 0 Å². The molecule has 2 aromatic rings. The zero-order valence-corrected chi connectivity index (χ0v) is 20.0. The number of thioether (sulfide) groups is 1. The number of aromatic nitrogens is 3. The lowest BCUT2D eigenvalue weighted by Gasteiger charge is -2.22. The van der Waals surface area contributed by atoms with Crippen molar-refractivity contribution in [2.24, 2.45) is 0 Å². The summed E-state index contributed by atoms with van der Waals surface area (Å²) in [6.45, 7) is 4.45. The Kier molecular flexibility index (Phi) is 9.17. The number of nitrogens with zero attached hydrogens (tertiary/aromatic N) is 3. The van der Waals surface area contributed by atoms with E-state index in [-0.39, 0.29) is 30.2 Å². The van der Waals surface area contributed by atoms with E-state index in [0.717, 1.165) is 12.8 Å². The average Bonchev–Trinajstić information content (AvgIpc) is 3.23. The van der Waals surface area contributed by atoms with Crippen molar-refractivity contribution in [1.82, 2.24) is 25.4 Å². The van der Waals surface area contributed by atoms with Crippen LogP contribution in [0.2, 0.25) is 0 Å². The Morgan fingerprint density at radius 3 is 2.64 bits per heavy atom. The van der Waals surface area contributed by atoms with Crippen LogP contribution in [0.4, 0.5) is 0 Å². The minimum atomic E-state index is -0.273. The molecule has 1 aromatic carbocycles. The predicted octanol–water partition coefficient (Wildman–Crippen LogP) is 2.95. The fraction of sp³-hybridized carbons (Fsp3) is 0.478. The van der Waals surface area contributed by atoms with Gasteiger partial charge in [0.25, 0.3) is 5.91 Å². The van der Waals surface area contributed by atoms with Gasteiger partial charge in [-0.1, -0.05) is 37.1 Å². The lowest BCUT2D eigenvalue weighted by atomic mass is 9.95. The topological polar surface area (TPSA) is 107 Å². The molecule has 0 radical (unpaired) electrons. The normalized spacial score (nSPS) is 13.9. The molecule has 0 aliphatic heterocycles. The SMILES string of the molecule is C=CCn1c(CNC(=O)c2ccc(OC)c(OC)c2)nnc1SCC(=O)NC1CCCCC1. The Morgan fingerprint density at radius 2 is 1.94 bits per heavy atom. The van der Waals surface area contributed by atoms with Gasteiger partial charge in [0.15, 0.2) is 22.5 Å². The summed E-state index contributed by atoms with van der Waals surface area (Å²) in [4.78, 5) is 25.0. The quantitative estimate of drug-likeness (QED) is 0.382. The molecule has 0 spiro atoms. The summed E-state index contributed by atoms with van der Waals surface area (Å²) in [7, 11) is 3.06. The van der Waals surface area contributed by atoms with E-state index in [9.17, 15) is 9.59 Å². The van der Waals surface area contributed by atoms with Gasteiger partial charge < -0.3 is 24.7 Å². The molecule has 1 fully saturated rings. The van der Waals surface area contributed by atoms with E-state index in [2.05, 4.69) is 27.4 Å². The van der Waals surface area contributed by atoms with Crippen LogP contribution in [0.5, 0.6) is 11.5 Å². The third kappa shape index (κ3) is 6.74. The Bertz CT molecular complexity index is 972. The molecule has 1 saturated carbocycles. The summed E-state index contributed by atoms with van der Waals surface area (Å²) in [5.41, 5.74) is 0.441.